The number of aryl methyl sites for hydroxylation is 1. The molecule has 1 saturated carbocycles. The molecule has 1 N–H and O–H groups in total. The normalized spacial score (nSPS) is 32.1. The van der Waals surface area contributed by atoms with Crippen LogP contribution < -0.4 is 4.90 Å². The van der Waals surface area contributed by atoms with Gasteiger partial charge in [0.25, 0.3) is 0 Å². The van der Waals surface area contributed by atoms with Crippen LogP contribution in [0.4, 0.5) is 5.69 Å². The van der Waals surface area contributed by atoms with E-state index in [0.717, 1.165) is 24.9 Å². The second-order valence-corrected chi connectivity index (χ2v) is 6.56. The maximum absolute atomic E-state index is 13.1. The molecule has 1 amide bonds. The van der Waals surface area contributed by atoms with Gasteiger partial charge in [0.1, 0.15) is 0 Å². The number of hydrogen-bond donors (Lipinski definition) is 1. The third kappa shape index (κ3) is 1.90. The largest absolute Gasteiger partial charge is 0.481 e. The van der Waals surface area contributed by atoms with Gasteiger partial charge in [0.15, 0.2) is 0 Å². The molecule has 1 heterocycles. The van der Waals surface area contributed by atoms with Crippen molar-refractivity contribution in [1.29, 1.82) is 0 Å². The van der Waals surface area contributed by atoms with E-state index in [-0.39, 0.29) is 17.7 Å². The summed E-state index contributed by atoms with van der Waals surface area (Å²) >= 11 is 0. The molecule has 3 aliphatic rings. The Balaban J connectivity index is 1.68. The minimum absolute atomic E-state index is 0.00333. The number of allylic oxidation sites excluding steroid dienone is 2. The number of hydrogen-bond acceptors (Lipinski definition) is 2. The third-order valence-electron chi connectivity index (χ3n) is 5.41. The van der Waals surface area contributed by atoms with Crippen molar-refractivity contribution in [3.05, 3.63) is 42.0 Å². The summed E-state index contributed by atoms with van der Waals surface area (Å²) in [5.74, 6) is -1.68. The van der Waals surface area contributed by atoms with Crippen molar-refractivity contribution in [1.82, 2.24) is 0 Å². The fourth-order valence-electron chi connectivity index (χ4n) is 4.44. The summed E-state index contributed by atoms with van der Waals surface area (Å²) in [7, 11) is 0. The number of carbonyl (C=O) groups excluding carboxylic acids is 1. The van der Waals surface area contributed by atoms with Crippen LogP contribution in [0.25, 0.3) is 0 Å². The number of aliphatic carboxylic acids is 1. The molecule has 2 bridgehead atoms. The van der Waals surface area contributed by atoms with Gasteiger partial charge in [-0.15, -0.1) is 0 Å². The van der Waals surface area contributed by atoms with Crippen LogP contribution in [0.3, 0.4) is 0 Å². The van der Waals surface area contributed by atoms with E-state index in [1.54, 1.807) is 0 Å². The number of para-hydroxylation sites is 1. The maximum atomic E-state index is 13.1. The first-order chi connectivity index (χ1) is 10.7. The van der Waals surface area contributed by atoms with Crippen LogP contribution in [0.15, 0.2) is 36.4 Å². The first-order valence-electron chi connectivity index (χ1n) is 7.97. The number of carboxylic acid groups (broad SMARTS) is 1. The minimum atomic E-state index is -0.833. The summed E-state index contributed by atoms with van der Waals surface area (Å²) in [4.78, 5) is 26.6. The summed E-state index contributed by atoms with van der Waals surface area (Å²) in [5, 5.41) is 9.54. The Morgan fingerprint density at radius 2 is 1.82 bits per heavy atom. The smallest absolute Gasteiger partial charge is 0.307 e. The highest BCUT2D eigenvalue weighted by Gasteiger charge is 2.52. The predicted molar refractivity (Wildman–Crippen MR) is 82.5 cm³/mol. The lowest BCUT2D eigenvalue weighted by atomic mass is 9.81. The average molecular weight is 297 g/mol. The summed E-state index contributed by atoms with van der Waals surface area (Å²) in [5.41, 5.74) is 2.15. The number of carboxylic acids is 1. The predicted octanol–water partition coefficient (Wildman–Crippen LogP) is 2.49. The zero-order valence-electron chi connectivity index (χ0n) is 12.3. The molecule has 1 aliphatic heterocycles. The summed E-state index contributed by atoms with van der Waals surface area (Å²) in [6.07, 6.45) is 6.76. The molecule has 2 aliphatic carbocycles. The molecule has 1 fully saturated rings. The monoisotopic (exact) mass is 297 g/mol. The van der Waals surface area contributed by atoms with Crippen molar-refractivity contribution in [2.45, 2.75) is 19.3 Å². The van der Waals surface area contributed by atoms with Crippen molar-refractivity contribution in [2.75, 3.05) is 11.4 Å². The number of carbonyl (C=O) groups is 2. The highest BCUT2D eigenvalue weighted by Crippen LogP contribution is 2.49. The molecule has 1 aromatic rings. The first-order valence-corrected chi connectivity index (χ1v) is 7.97. The SMILES string of the molecule is O=C(O)C1C2C=CC(C2)C1C(=O)N1CCCc2ccccc21. The number of benzene rings is 1. The molecule has 0 radical (unpaired) electrons. The molecule has 4 rings (SSSR count). The zero-order valence-corrected chi connectivity index (χ0v) is 12.3. The number of fused-ring (bicyclic) bond motifs is 3. The highest BCUT2D eigenvalue weighted by molar-refractivity contribution is 5.99. The van der Waals surface area contributed by atoms with Crippen LogP contribution in [0.5, 0.6) is 0 Å². The van der Waals surface area contributed by atoms with Gasteiger partial charge in [-0.25, -0.2) is 0 Å². The van der Waals surface area contributed by atoms with Crippen LogP contribution in [-0.2, 0) is 16.0 Å². The van der Waals surface area contributed by atoms with Gasteiger partial charge in [0, 0.05) is 12.2 Å². The van der Waals surface area contributed by atoms with Crippen molar-refractivity contribution >= 4 is 17.6 Å². The first kappa shape index (κ1) is 13.6. The van der Waals surface area contributed by atoms with Crippen LogP contribution in [0.2, 0.25) is 0 Å². The van der Waals surface area contributed by atoms with E-state index in [0.29, 0.717) is 6.54 Å². The Morgan fingerprint density at radius 3 is 2.59 bits per heavy atom. The van der Waals surface area contributed by atoms with E-state index in [1.165, 1.54) is 5.56 Å². The Labute approximate surface area is 129 Å². The van der Waals surface area contributed by atoms with Crippen molar-refractivity contribution in [3.8, 4) is 0 Å². The molecule has 22 heavy (non-hydrogen) atoms. The van der Waals surface area contributed by atoms with E-state index in [4.69, 9.17) is 0 Å². The summed E-state index contributed by atoms with van der Waals surface area (Å²) in [6.45, 7) is 0.694. The second kappa shape index (κ2) is 4.97. The standard InChI is InChI=1S/C18H19NO3/c20-17(15-12-7-8-13(10-12)16(15)18(21)22)19-9-3-5-11-4-1-2-6-14(11)19/h1-2,4,6-8,12-13,15-16H,3,5,9-10H2,(H,21,22). The fourth-order valence-corrected chi connectivity index (χ4v) is 4.44. The van der Waals surface area contributed by atoms with Crippen molar-refractivity contribution in [3.63, 3.8) is 0 Å². The van der Waals surface area contributed by atoms with Gasteiger partial charge >= 0.3 is 5.97 Å². The molecule has 0 spiro atoms. The van der Waals surface area contributed by atoms with Crippen LogP contribution >= 0.6 is 0 Å². The maximum Gasteiger partial charge on any atom is 0.307 e. The summed E-state index contributed by atoms with van der Waals surface area (Å²) < 4.78 is 0. The van der Waals surface area contributed by atoms with Gasteiger partial charge in [0.05, 0.1) is 11.8 Å². The van der Waals surface area contributed by atoms with Gasteiger partial charge in [-0.1, -0.05) is 30.4 Å². The molecule has 114 valence electrons. The van der Waals surface area contributed by atoms with E-state index < -0.39 is 17.8 Å². The van der Waals surface area contributed by atoms with Gasteiger partial charge in [-0.05, 0) is 42.7 Å². The number of nitrogens with zero attached hydrogens (tertiary/aromatic N) is 1. The lowest BCUT2D eigenvalue weighted by molar-refractivity contribution is -0.147. The topological polar surface area (TPSA) is 57.6 Å². The highest BCUT2D eigenvalue weighted by atomic mass is 16.4. The summed E-state index contributed by atoms with van der Waals surface area (Å²) in [6, 6.07) is 7.97. The quantitative estimate of drug-likeness (QED) is 0.853. The van der Waals surface area contributed by atoms with Gasteiger partial charge in [-0.2, -0.15) is 0 Å². The number of rotatable bonds is 2. The van der Waals surface area contributed by atoms with Crippen molar-refractivity contribution < 1.29 is 14.7 Å². The van der Waals surface area contributed by atoms with E-state index in [2.05, 4.69) is 6.07 Å². The molecule has 4 unspecified atom stereocenters. The van der Waals surface area contributed by atoms with E-state index >= 15 is 0 Å². The minimum Gasteiger partial charge on any atom is -0.481 e. The molecule has 4 atom stereocenters. The van der Waals surface area contributed by atoms with Gasteiger partial charge in [-0.3, -0.25) is 9.59 Å². The van der Waals surface area contributed by atoms with Crippen LogP contribution in [0.1, 0.15) is 18.4 Å². The van der Waals surface area contributed by atoms with Crippen molar-refractivity contribution in [2.24, 2.45) is 23.7 Å². The van der Waals surface area contributed by atoms with E-state index in [1.807, 2.05) is 35.3 Å². The zero-order chi connectivity index (χ0) is 15.3. The van der Waals surface area contributed by atoms with Crippen LogP contribution in [0, 0.1) is 23.7 Å². The molecular formula is C18H19NO3. The number of amides is 1. The Bertz CT molecular complexity index is 666. The Morgan fingerprint density at radius 1 is 1.09 bits per heavy atom. The fraction of sp³-hybridized carbons (Fsp3) is 0.444. The molecular weight excluding hydrogens is 278 g/mol. The molecule has 0 saturated heterocycles. The lowest BCUT2D eigenvalue weighted by Crippen LogP contribution is -2.45. The molecule has 1 aromatic carbocycles. The third-order valence-corrected chi connectivity index (χ3v) is 5.41. The molecule has 4 nitrogen and oxygen atoms in total. The number of anilines is 1. The second-order valence-electron chi connectivity index (χ2n) is 6.56. The van der Waals surface area contributed by atoms with Gasteiger partial charge < -0.3 is 10.0 Å². The Hall–Kier alpha value is -2.10. The van der Waals surface area contributed by atoms with Crippen LogP contribution in [-0.4, -0.2) is 23.5 Å². The molecule has 0 aromatic heterocycles. The average Bonchev–Trinajstić information content (AvgIpc) is 3.14. The van der Waals surface area contributed by atoms with E-state index in [9.17, 15) is 14.7 Å². The van der Waals surface area contributed by atoms with Gasteiger partial charge in [0.2, 0.25) is 5.91 Å². The molecule has 4 heteroatoms. The lowest BCUT2D eigenvalue weighted by Gasteiger charge is -2.34. The Kier molecular flexibility index (Phi) is 3.06.